The van der Waals surface area contributed by atoms with Gasteiger partial charge in [-0.2, -0.15) is 46.2 Å². The highest BCUT2D eigenvalue weighted by Gasteiger charge is 2.42. The van der Waals surface area contributed by atoms with Crippen LogP contribution in [0.15, 0.2) is 110 Å². The molecular formula is C106H122N26O10. The fraction of sp³-hybridized carbons (Fsp3) is 0.462. The van der Waals surface area contributed by atoms with Gasteiger partial charge in [-0.05, 0) is 159 Å². The van der Waals surface area contributed by atoms with Crippen LogP contribution < -0.4 is 24.9 Å². The summed E-state index contributed by atoms with van der Waals surface area (Å²) in [6.45, 7) is 22.0. The van der Waals surface area contributed by atoms with E-state index in [0.29, 0.717) is 82.5 Å². The third-order valence-corrected chi connectivity index (χ3v) is 30.5. The lowest BCUT2D eigenvalue weighted by Crippen LogP contribution is -2.38. The smallest absolute Gasteiger partial charge is 0.269 e. The number of rotatable bonds is 14. The lowest BCUT2D eigenvalue weighted by atomic mass is 9.92. The number of carbonyl (C=O) groups excluding carboxylic acids is 5. The molecule has 20 heterocycles. The molecule has 142 heavy (non-hydrogen) atoms. The fourth-order valence-corrected chi connectivity index (χ4v) is 22.6. The predicted octanol–water partition coefficient (Wildman–Crippen LogP) is 12.6. The normalized spacial score (nSPS) is 19.4. The summed E-state index contributed by atoms with van der Waals surface area (Å²) in [7, 11) is 9.15. The number of hydrogen-bond acceptors (Lipinski definition) is 24. The molecule has 12 aliphatic heterocycles. The van der Waals surface area contributed by atoms with Gasteiger partial charge in [0.05, 0.1) is 131 Å². The number of pyridine rings is 1. The zero-order valence-corrected chi connectivity index (χ0v) is 82.6. The number of amides is 5. The molecule has 36 nitrogen and oxygen atoms in total. The molecular weight excluding hydrogens is 1800 g/mol. The van der Waals surface area contributed by atoms with Crippen LogP contribution in [0.2, 0.25) is 0 Å². The number of aromatic nitrogens is 15. The Hall–Kier alpha value is -14.2. The first-order valence-electron chi connectivity index (χ1n) is 50.0. The van der Waals surface area contributed by atoms with Crippen molar-refractivity contribution in [1.82, 2.24) is 98.4 Å². The Morgan fingerprint density at radius 3 is 1.30 bits per heavy atom. The summed E-state index contributed by atoms with van der Waals surface area (Å²) in [6, 6.07) is 30.5. The minimum absolute atomic E-state index is 0.00796. The van der Waals surface area contributed by atoms with E-state index in [4.69, 9.17) is 44.1 Å². The highest BCUT2D eigenvalue weighted by atomic mass is 16.5. The van der Waals surface area contributed by atoms with E-state index >= 15 is 0 Å². The Morgan fingerprint density at radius 1 is 0.437 bits per heavy atom. The molecule has 12 aromatic rings. The quantitative estimate of drug-likeness (QED) is 0.106. The minimum Gasteiger partial charge on any atom is -0.379 e. The molecule has 0 saturated carbocycles. The van der Waals surface area contributed by atoms with Crippen molar-refractivity contribution in [3.05, 3.63) is 200 Å². The van der Waals surface area contributed by atoms with Gasteiger partial charge < -0.3 is 68.2 Å². The van der Waals surface area contributed by atoms with E-state index in [1.54, 1.807) is 54.1 Å². The number of anilines is 8. The van der Waals surface area contributed by atoms with Crippen LogP contribution in [-0.4, -0.2) is 241 Å². The number of nitrogens with one attached hydrogen (secondary N) is 1. The molecule has 24 rings (SSSR count). The van der Waals surface area contributed by atoms with Gasteiger partial charge in [0.1, 0.15) is 5.69 Å². The van der Waals surface area contributed by atoms with Gasteiger partial charge >= 0.3 is 0 Å². The molecule has 0 spiro atoms. The summed E-state index contributed by atoms with van der Waals surface area (Å²) < 4.78 is 42.8. The molecule has 4 fully saturated rings. The van der Waals surface area contributed by atoms with Gasteiger partial charge in [0.25, 0.3) is 5.91 Å². The topological polar surface area (TPSA) is 355 Å². The number of methoxy groups -OCH3 is 1. The van der Waals surface area contributed by atoms with Crippen molar-refractivity contribution in [3.8, 4) is 56.6 Å². The molecule has 2 unspecified atom stereocenters. The van der Waals surface area contributed by atoms with Crippen molar-refractivity contribution in [3.63, 3.8) is 0 Å². The molecule has 4 atom stereocenters. The maximum absolute atomic E-state index is 12.3. The summed E-state index contributed by atoms with van der Waals surface area (Å²) >= 11 is 0. The van der Waals surface area contributed by atoms with Crippen molar-refractivity contribution in [2.75, 3.05) is 132 Å². The van der Waals surface area contributed by atoms with Gasteiger partial charge in [-0.25, -0.2) is 4.68 Å². The summed E-state index contributed by atoms with van der Waals surface area (Å²) in [5, 5.41) is 56.4. The summed E-state index contributed by atoms with van der Waals surface area (Å²) in [4.78, 5) is 82.0. The molecule has 12 aliphatic rings. The Balaban J connectivity index is 0.000000112. The largest absolute Gasteiger partial charge is 0.379 e. The number of aryl methyl sites for hydroxylation is 6. The van der Waals surface area contributed by atoms with Crippen LogP contribution >= 0.6 is 0 Å². The molecule has 1 N–H and O–H groups in total. The maximum Gasteiger partial charge on any atom is 0.269 e. The van der Waals surface area contributed by atoms with Gasteiger partial charge in [-0.15, -0.1) is 0 Å². The Morgan fingerprint density at radius 2 is 0.880 bits per heavy atom. The van der Waals surface area contributed by atoms with Gasteiger partial charge in [-0.3, -0.25) is 57.0 Å². The maximum atomic E-state index is 12.3. The second-order valence-corrected chi connectivity index (χ2v) is 39.2. The van der Waals surface area contributed by atoms with Crippen LogP contribution in [0.3, 0.4) is 0 Å². The van der Waals surface area contributed by atoms with Gasteiger partial charge in [0.2, 0.25) is 23.6 Å². The third kappa shape index (κ3) is 18.0. The van der Waals surface area contributed by atoms with E-state index in [0.717, 1.165) is 263 Å². The lowest BCUT2D eigenvalue weighted by Gasteiger charge is -2.36. The molecule has 4 aromatic carbocycles. The zero-order chi connectivity index (χ0) is 98.0. The molecule has 0 aliphatic carbocycles. The second kappa shape index (κ2) is 39.7. The van der Waals surface area contributed by atoms with Crippen LogP contribution in [0.4, 0.5) is 46.0 Å². The minimum atomic E-state index is -0.251. The van der Waals surface area contributed by atoms with E-state index in [1.165, 1.54) is 56.3 Å². The number of carbonyl (C=O) groups is 5. The number of benzene rings is 4. The van der Waals surface area contributed by atoms with Crippen LogP contribution in [0, 0.1) is 29.6 Å². The Bertz CT molecular complexity index is 6950. The van der Waals surface area contributed by atoms with Gasteiger partial charge in [0.15, 0.2) is 29.5 Å². The molecule has 0 bridgehead atoms. The third-order valence-electron chi connectivity index (χ3n) is 30.5. The molecule has 5 amide bonds. The van der Waals surface area contributed by atoms with Crippen molar-refractivity contribution in [2.45, 2.75) is 188 Å². The van der Waals surface area contributed by atoms with Crippen LogP contribution in [0.5, 0.6) is 0 Å². The first-order chi connectivity index (χ1) is 69.0. The second-order valence-electron chi connectivity index (χ2n) is 39.2. The number of nitrogens with zero attached hydrogens (tertiary/aromatic N) is 25. The highest BCUT2D eigenvalue weighted by molar-refractivity contribution is 5.93. The summed E-state index contributed by atoms with van der Waals surface area (Å²) in [5.74, 6) is 3.84. The number of hydrogen-bond donors (Lipinski definition) is 1. The van der Waals surface area contributed by atoms with Crippen LogP contribution in [0.1, 0.15) is 192 Å². The van der Waals surface area contributed by atoms with Crippen LogP contribution in [0.25, 0.3) is 44.5 Å². The zero-order valence-electron chi connectivity index (χ0n) is 82.6. The van der Waals surface area contributed by atoms with Gasteiger partial charge in [-0.1, -0.05) is 18.2 Å². The number of fused-ring (bicyclic) bond motifs is 8. The van der Waals surface area contributed by atoms with Crippen molar-refractivity contribution in [1.29, 1.82) is 10.5 Å². The first-order valence-corrected chi connectivity index (χ1v) is 50.0. The van der Waals surface area contributed by atoms with Crippen molar-refractivity contribution < 1.29 is 47.7 Å². The standard InChI is InChI=1S/C29H31N7O3.C26H29N7O2.C26H32N6O3.C25H30N6O2/c1-18(37)34-10-7-26-24(16-34)28(33-36(26)22-8-11-39-17-22)35-9-3-4-19-12-23(21(14-30)13-27(19)35)20-5-6-25(32-15-20)29(38)31-2;1-16-22(12-28-30(16)3)21-9-18-5-4-7-32(25(18)10-19(21)11-27)26-23-13-31(17(2)34)8-6-24(23)33(29-26)20-14-35-15-20;1-17(33)30-8-6-25-23(15-30)26(28-32(25)21-7-9-35-16-21)31-14-22(34-3)11-19-10-18(4-5-24(19)31)20-12-27-29(2)13-20;1-17(32)29-11-9-23-21(16-29)25(27-31(23)24-6-4-12-33-24)30-10-3-5-19-13-18(7-8-22(19)30)20-14-26-28(2)15-20/h5-6,12-13,15,22H,3-4,7-11,16-17H2,1-2H3,(H,31,38);9-10,12,20H,4-8,13-15H2,1-3H3;4-5,10,12-13,21-22H,6-9,11,14-16H2,1-3H3;7-8,13-15,24H,3-6,9-12,16H2,1-2H3/t22-;;21-,22?;/m0.0./s1. The number of nitriles is 2. The summed E-state index contributed by atoms with van der Waals surface area (Å²) in [5.41, 5.74) is 29.3. The first kappa shape index (κ1) is 94.1. The average Bonchev–Trinajstić information content (AvgIpc) is 1.58. The summed E-state index contributed by atoms with van der Waals surface area (Å²) in [6.07, 6.45) is 25.3. The Labute approximate surface area is 825 Å². The molecule has 8 aromatic heterocycles. The molecule has 0 radical (unpaired) electrons. The predicted molar refractivity (Wildman–Crippen MR) is 532 cm³/mol. The molecule has 36 heteroatoms. The number of ether oxygens (including phenoxy) is 5. The van der Waals surface area contributed by atoms with E-state index in [9.17, 15) is 34.5 Å². The fourth-order valence-electron chi connectivity index (χ4n) is 22.6. The SMILES string of the molecule is CC(=O)N1CCc2c(c(N3CCCc4cc(-c5cnn(C)c5)ccc43)nn2C2CCCO2)C1.CC(=O)N1CCc2c(c(N3CCCc4cc(-c5cnn(C)c5C)c(C#N)cc43)nn2C2COC2)C1.CNC(=O)c1ccc(-c2cc3c(cc2C#N)N(c2nn([C@H]4CCOC4)c4c2CN(C(C)=O)CC4)CCC3)cn1.COC1Cc2cc(-c3cnn(C)c3)ccc2N(c2nn([C@H]3CCOC3)c3c2CN(C(C)=O)CC3)C1. The Kier molecular flexibility index (Phi) is 26.3. The van der Waals surface area contributed by atoms with Crippen molar-refractivity contribution >= 4 is 75.6 Å². The highest BCUT2D eigenvalue weighted by Crippen LogP contribution is 2.49. The van der Waals surface area contributed by atoms with Gasteiger partial charge in [0, 0.05) is 280 Å². The monoisotopic (exact) mass is 1920 g/mol. The average molecular weight is 1920 g/mol. The van der Waals surface area contributed by atoms with E-state index in [2.05, 4.69) is 131 Å². The van der Waals surface area contributed by atoms with Crippen molar-refractivity contribution in [2.24, 2.45) is 21.1 Å². The molecule has 4 saturated heterocycles. The van der Waals surface area contributed by atoms with E-state index in [-0.39, 0.29) is 60.0 Å². The lowest BCUT2D eigenvalue weighted by molar-refractivity contribution is -0.130. The molecule has 736 valence electrons. The van der Waals surface area contributed by atoms with E-state index < -0.39 is 0 Å². The van der Waals surface area contributed by atoms with E-state index in [1.807, 2.05) is 105 Å². The van der Waals surface area contributed by atoms with Crippen LogP contribution in [-0.2, 0) is 142 Å².